The van der Waals surface area contributed by atoms with Crippen molar-refractivity contribution >= 4 is 17.5 Å². The van der Waals surface area contributed by atoms with Crippen molar-refractivity contribution < 1.29 is 9.59 Å². The largest absolute Gasteiger partial charge is 0.348 e. The Balaban J connectivity index is 1.64. The third kappa shape index (κ3) is 4.51. The lowest BCUT2D eigenvalue weighted by molar-refractivity contribution is 0.0949. The highest BCUT2D eigenvalue weighted by Crippen LogP contribution is 2.12. The molecule has 1 heterocycles. The standard InChI is InChI=1S/C20H17N3O2/c24-19(22-14-15-6-5-11-21-13-15)17-9-4-10-18(12-17)23-20(25)16-7-2-1-3-8-16/h1-13H,14H2,(H,22,24)(H,23,25). The van der Waals surface area contributed by atoms with Gasteiger partial charge in [-0.15, -0.1) is 0 Å². The molecule has 0 bridgehead atoms. The molecule has 25 heavy (non-hydrogen) atoms. The lowest BCUT2D eigenvalue weighted by Gasteiger charge is -2.08. The molecule has 1 aromatic heterocycles. The van der Waals surface area contributed by atoms with E-state index in [0.29, 0.717) is 23.4 Å². The minimum absolute atomic E-state index is 0.209. The highest BCUT2D eigenvalue weighted by atomic mass is 16.2. The van der Waals surface area contributed by atoms with Crippen LogP contribution in [0.1, 0.15) is 26.3 Å². The Morgan fingerprint density at radius 3 is 2.40 bits per heavy atom. The van der Waals surface area contributed by atoms with Crippen molar-refractivity contribution in [3.05, 3.63) is 95.8 Å². The second-order valence-electron chi connectivity index (χ2n) is 5.44. The first-order valence-corrected chi connectivity index (χ1v) is 7.86. The first kappa shape index (κ1) is 16.4. The molecule has 0 fully saturated rings. The fraction of sp³-hybridized carbons (Fsp3) is 0.0500. The van der Waals surface area contributed by atoms with Crippen molar-refractivity contribution in [1.82, 2.24) is 10.3 Å². The van der Waals surface area contributed by atoms with E-state index in [9.17, 15) is 9.59 Å². The van der Waals surface area contributed by atoms with E-state index >= 15 is 0 Å². The van der Waals surface area contributed by atoms with Crippen LogP contribution in [0.4, 0.5) is 5.69 Å². The van der Waals surface area contributed by atoms with E-state index in [4.69, 9.17) is 0 Å². The van der Waals surface area contributed by atoms with Crippen molar-refractivity contribution in [2.75, 3.05) is 5.32 Å². The van der Waals surface area contributed by atoms with E-state index in [1.165, 1.54) is 0 Å². The summed E-state index contributed by atoms with van der Waals surface area (Å²) < 4.78 is 0. The lowest BCUT2D eigenvalue weighted by atomic mass is 10.1. The molecule has 0 unspecified atom stereocenters. The number of hydrogen-bond acceptors (Lipinski definition) is 3. The molecule has 0 saturated heterocycles. The topological polar surface area (TPSA) is 71.1 Å². The number of pyridine rings is 1. The van der Waals surface area contributed by atoms with Crippen molar-refractivity contribution in [2.24, 2.45) is 0 Å². The minimum Gasteiger partial charge on any atom is -0.348 e. The van der Waals surface area contributed by atoms with Crippen LogP contribution in [0.3, 0.4) is 0 Å². The van der Waals surface area contributed by atoms with Gasteiger partial charge in [0.25, 0.3) is 11.8 Å². The highest BCUT2D eigenvalue weighted by molar-refractivity contribution is 6.05. The van der Waals surface area contributed by atoms with Crippen LogP contribution in [0, 0.1) is 0 Å². The summed E-state index contributed by atoms with van der Waals surface area (Å²) in [5.41, 5.74) is 2.54. The van der Waals surface area contributed by atoms with E-state index in [2.05, 4.69) is 15.6 Å². The molecule has 124 valence electrons. The van der Waals surface area contributed by atoms with E-state index in [1.54, 1.807) is 60.9 Å². The van der Waals surface area contributed by atoms with Crippen LogP contribution in [0.15, 0.2) is 79.1 Å². The van der Waals surface area contributed by atoms with Gasteiger partial charge in [0.05, 0.1) is 0 Å². The summed E-state index contributed by atoms with van der Waals surface area (Å²) in [5, 5.41) is 5.63. The quantitative estimate of drug-likeness (QED) is 0.754. The molecule has 3 aromatic rings. The molecule has 0 aliphatic rings. The number of carbonyl (C=O) groups is 2. The first-order valence-electron chi connectivity index (χ1n) is 7.86. The van der Waals surface area contributed by atoms with Crippen LogP contribution in [-0.2, 0) is 6.54 Å². The van der Waals surface area contributed by atoms with E-state index in [1.807, 2.05) is 18.2 Å². The molecule has 2 amide bonds. The predicted octanol–water partition coefficient (Wildman–Crippen LogP) is 3.26. The third-order valence-electron chi connectivity index (χ3n) is 3.59. The fourth-order valence-electron chi connectivity index (χ4n) is 2.32. The Morgan fingerprint density at radius 1 is 0.840 bits per heavy atom. The summed E-state index contributed by atoms with van der Waals surface area (Å²) in [6, 6.07) is 19.5. The number of nitrogens with zero attached hydrogens (tertiary/aromatic N) is 1. The van der Waals surface area contributed by atoms with E-state index in [0.717, 1.165) is 5.56 Å². The van der Waals surface area contributed by atoms with Crippen molar-refractivity contribution in [1.29, 1.82) is 0 Å². The SMILES string of the molecule is O=C(NCc1cccnc1)c1cccc(NC(=O)c2ccccc2)c1. The Labute approximate surface area is 145 Å². The molecular formula is C20H17N3O2. The molecule has 0 aliphatic heterocycles. The summed E-state index contributed by atoms with van der Waals surface area (Å²) in [6.07, 6.45) is 3.39. The van der Waals surface area contributed by atoms with Crippen LogP contribution >= 0.6 is 0 Å². The summed E-state index contributed by atoms with van der Waals surface area (Å²) in [7, 11) is 0. The molecule has 0 atom stereocenters. The maximum absolute atomic E-state index is 12.3. The van der Waals surface area contributed by atoms with Crippen LogP contribution in [-0.4, -0.2) is 16.8 Å². The van der Waals surface area contributed by atoms with Gasteiger partial charge in [0, 0.05) is 35.8 Å². The average Bonchev–Trinajstić information content (AvgIpc) is 2.68. The smallest absolute Gasteiger partial charge is 0.255 e. The number of carbonyl (C=O) groups excluding carboxylic acids is 2. The van der Waals surface area contributed by atoms with Gasteiger partial charge in [-0.05, 0) is 42.0 Å². The average molecular weight is 331 g/mol. The zero-order valence-electron chi connectivity index (χ0n) is 13.5. The van der Waals surface area contributed by atoms with Gasteiger partial charge in [-0.25, -0.2) is 0 Å². The fourth-order valence-corrected chi connectivity index (χ4v) is 2.32. The van der Waals surface area contributed by atoms with Gasteiger partial charge in [-0.1, -0.05) is 30.3 Å². The third-order valence-corrected chi connectivity index (χ3v) is 3.59. The van der Waals surface area contributed by atoms with Gasteiger partial charge in [0.2, 0.25) is 0 Å². The zero-order valence-corrected chi connectivity index (χ0v) is 13.5. The Morgan fingerprint density at radius 2 is 1.64 bits per heavy atom. The molecule has 3 rings (SSSR count). The highest BCUT2D eigenvalue weighted by Gasteiger charge is 2.09. The number of nitrogens with one attached hydrogen (secondary N) is 2. The zero-order chi connectivity index (χ0) is 17.5. The number of rotatable bonds is 5. The number of aromatic nitrogens is 1. The van der Waals surface area contributed by atoms with Gasteiger partial charge >= 0.3 is 0 Å². The van der Waals surface area contributed by atoms with Crippen molar-refractivity contribution in [2.45, 2.75) is 6.54 Å². The molecule has 0 aliphatic carbocycles. The summed E-state index contributed by atoms with van der Waals surface area (Å²) in [6.45, 7) is 0.396. The monoisotopic (exact) mass is 331 g/mol. The van der Waals surface area contributed by atoms with Gasteiger partial charge in [0.15, 0.2) is 0 Å². The summed E-state index contributed by atoms with van der Waals surface area (Å²) >= 11 is 0. The molecule has 0 radical (unpaired) electrons. The van der Waals surface area contributed by atoms with Crippen molar-refractivity contribution in [3.63, 3.8) is 0 Å². The van der Waals surface area contributed by atoms with Gasteiger partial charge < -0.3 is 10.6 Å². The Kier molecular flexibility index (Phi) is 5.16. The van der Waals surface area contributed by atoms with E-state index < -0.39 is 0 Å². The molecule has 0 spiro atoms. The number of anilines is 1. The molecule has 2 N–H and O–H groups in total. The molecule has 2 aromatic carbocycles. The van der Waals surface area contributed by atoms with Crippen LogP contribution < -0.4 is 10.6 Å². The van der Waals surface area contributed by atoms with Crippen molar-refractivity contribution in [3.8, 4) is 0 Å². The second-order valence-corrected chi connectivity index (χ2v) is 5.44. The lowest BCUT2D eigenvalue weighted by Crippen LogP contribution is -2.23. The molecule has 5 nitrogen and oxygen atoms in total. The predicted molar refractivity (Wildman–Crippen MR) is 96.2 cm³/mol. The van der Waals surface area contributed by atoms with Crippen LogP contribution in [0.5, 0.6) is 0 Å². The van der Waals surface area contributed by atoms with Gasteiger partial charge in [-0.2, -0.15) is 0 Å². The van der Waals surface area contributed by atoms with Gasteiger partial charge in [-0.3, -0.25) is 14.6 Å². The van der Waals surface area contributed by atoms with Crippen LogP contribution in [0.25, 0.3) is 0 Å². The number of benzene rings is 2. The maximum atomic E-state index is 12.3. The Hall–Kier alpha value is -3.47. The van der Waals surface area contributed by atoms with E-state index in [-0.39, 0.29) is 11.8 Å². The summed E-state index contributed by atoms with van der Waals surface area (Å²) in [5.74, 6) is -0.423. The molecule has 0 saturated carbocycles. The normalized spacial score (nSPS) is 10.1. The molecular weight excluding hydrogens is 314 g/mol. The number of amides is 2. The number of hydrogen-bond donors (Lipinski definition) is 2. The second kappa shape index (κ2) is 7.88. The minimum atomic E-state index is -0.214. The first-order chi connectivity index (χ1) is 12.2. The Bertz CT molecular complexity index is 864. The van der Waals surface area contributed by atoms with Crippen LogP contribution in [0.2, 0.25) is 0 Å². The summed E-state index contributed by atoms with van der Waals surface area (Å²) in [4.78, 5) is 28.5. The van der Waals surface area contributed by atoms with Gasteiger partial charge in [0.1, 0.15) is 0 Å². The molecule has 5 heteroatoms. The maximum Gasteiger partial charge on any atom is 0.255 e.